The van der Waals surface area contributed by atoms with E-state index in [-0.39, 0.29) is 5.91 Å². The van der Waals surface area contributed by atoms with Crippen LogP contribution in [-0.4, -0.2) is 38.8 Å². The Labute approximate surface area is 154 Å². The predicted molar refractivity (Wildman–Crippen MR) is 102 cm³/mol. The Bertz CT molecular complexity index is 720. The SMILES string of the molecule is COc1ccc(-c2ccc(CNC(=O)C3(OC)CCNCC3)cc2)cc1. The molecule has 0 unspecified atom stereocenters. The third-order valence-electron chi connectivity index (χ3n) is 5.05. The fourth-order valence-corrected chi connectivity index (χ4v) is 3.30. The van der Waals surface area contributed by atoms with Crippen LogP contribution >= 0.6 is 0 Å². The molecule has 1 aliphatic rings. The van der Waals surface area contributed by atoms with Crippen molar-refractivity contribution < 1.29 is 14.3 Å². The van der Waals surface area contributed by atoms with Gasteiger partial charge in [-0.05, 0) is 54.8 Å². The number of benzene rings is 2. The van der Waals surface area contributed by atoms with E-state index < -0.39 is 5.60 Å². The van der Waals surface area contributed by atoms with E-state index in [1.807, 2.05) is 36.4 Å². The van der Waals surface area contributed by atoms with Crippen LogP contribution in [0.3, 0.4) is 0 Å². The van der Waals surface area contributed by atoms with Crippen molar-refractivity contribution in [3.8, 4) is 16.9 Å². The van der Waals surface area contributed by atoms with Gasteiger partial charge in [-0.3, -0.25) is 4.79 Å². The third-order valence-corrected chi connectivity index (χ3v) is 5.05. The van der Waals surface area contributed by atoms with Gasteiger partial charge in [0.15, 0.2) is 0 Å². The minimum absolute atomic E-state index is 0.0271. The fraction of sp³-hybridized carbons (Fsp3) is 0.381. The van der Waals surface area contributed by atoms with Gasteiger partial charge in [-0.2, -0.15) is 0 Å². The largest absolute Gasteiger partial charge is 0.497 e. The Morgan fingerprint density at radius 3 is 2.12 bits per heavy atom. The minimum atomic E-state index is -0.700. The van der Waals surface area contributed by atoms with Crippen molar-refractivity contribution in [2.24, 2.45) is 0 Å². The number of carbonyl (C=O) groups excluding carboxylic acids is 1. The highest BCUT2D eigenvalue weighted by Crippen LogP contribution is 2.24. The van der Waals surface area contributed by atoms with Crippen molar-refractivity contribution in [1.82, 2.24) is 10.6 Å². The van der Waals surface area contributed by atoms with Crippen LogP contribution in [0.25, 0.3) is 11.1 Å². The van der Waals surface area contributed by atoms with Gasteiger partial charge < -0.3 is 20.1 Å². The van der Waals surface area contributed by atoms with Crippen molar-refractivity contribution in [2.45, 2.75) is 25.0 Å². The van der Waals surface area contributed by atoms with Crippen LogP contribution in [0.2, 0.25) is 0 Å². The highest BCUT2D eigenvalue weighted by atomic mass is 16.5. The first-order valence-corrected chi connectivity index (χ1v) is 8.94. The molecule has 1 aliphatic heterocycles. The summed E-state index contributed by atoms with van der Waals surface area (Å²) in [6.45, 7) is 2.11. The number of nitrogens with one attached hydrogen (secondary N) is 2. The van der Waals surface area contributed by atoms with Crippen molar-refractivity contribution in [2.75, 3.05) is 27.3 Å². The van der Waals surface area contributed by atoms with E-state index in [1.54, 1.807) is 14.2 Å². The van der Waals surface area contributed by atoms with E-state index in [9.17, 15) is 4.79 Å². The standard InChI is InChI=1S/C21H26N2O3/c1-25-19-9-7-18(8-10-19)17-5-3-16(4-6-17)15-23-20(24)21(26-2)11-13-22-14-12-21/h3-10,22H,11-15H2,1-2H3,(H,23,24). The predicted octanol–water partition coefficient (Wildman–Crippen LogP) is 2.75. The smallest absolute Gasteiger partial charge is 0.252 e. The van der Waals surface area contributed by atoms with Crippen molar-refractivity contribution in [1.29, 1.82) is 0 Å². The average molecular weight is 354 g/mol. The molecule has 1 heterocycles. The molecule has 0 saturated carbocycles. The molecule has 1 saturated heterocycles. The zero-order valence-corrected chi connectivity index (χ0v) is 15.4. The lowest BCUT2D eigenvalue weighted by atomic mass is 9.91. The normalized spacial score (nSPS) is 16.1. The van der Waals surface area contributed by atoms with Crippen LogP contribution in [0.5, 0.6) is 5.75 Å². The molecule has 0 aromatic heterocycles. The monoisotopic (exact) mass is 354 g/mol. The number of piperidine rings is 1. The van der Waals surface area contributed by atoms with Gasteiger partial charge in [0.05, 0.1) is 7.11 Å². The molecule has 26 heavy (non-hydrogen) atoms. The van der Waals surface area contributed by atoms with Gasteiger partial charge in [0.1, 0.15) is 11.4 Å². The number of hydrogen-bond acceptors (Lipinski definition) is 4. The quantitative estimate of drug-likeness (QED) is 0.837. The van der Waals surface area contributed by atoms with Gasteiger partial charge >= 0.3 is 0 Å². The Kier molecular flexibility index (Phi) is 5.91. The second kappa shape index (κ2) is 8.34. The fourth-order valence-electron chi connectivity index (χ4n) is 3.30. The van der Waals surface area contributed by atoms with Crippen molar-refractivity contribution in [3.05, 3.63) is 54.1 Å². The molecule has 1 fully saturated rings. The molecule has 5 heteroatoms. The maximum absolute atomic E-state index is 12.6. The highest BCUT2D eigenvalue weighted by molar-refractivity contribution is 5.85. The Morgan fingerprint density at radius 2 is 1.58 bits per heavy atom. The lowest BCUT2D eigenvalue weighted by Gasteiger charge is -2.34. The molecule has 2 N–H and O–H groups in total. The molecule has 0 bridgehead atoms. The summed E-state index contributed by atoms with van der Waals surface area (Å²) >= 11 is 0. The number of carbonyl (C=O) groups is 1. The molecule has 0 radical (unpaired) electrons. The van der Waals surface area contributed by atoms with Crippen molar-refractivity contribution in [3.63, 3.8) is 0 Å². The first-order chi connectivity index (χ1) is 12.7. The van der Waals surface area contributed by atoms with Crippen molar-refractivity contribution >= 4 is 5.91 Å². The molecule has 2 aromatic carbocycles. The molecule has 2 aromatic rings. The topological polar surface area (TPSA) is 59.6 Å². The lowest BCUT2D eigenvalue weighted by molar-refractivity contribution is -0.146. The molecule has 3 rings (SSSR count). The summed E-state index contributed by atoms with van der Waals surface area (Å²) in [4.78, 5) is 12.6. The second-order valence-corrected chi connectivity index (χ2v) is 6.56. The molecule has 0 spiro atoms. The van der Waals surface area contributed by atoms with Gasteiger partial charge in [0, 0.05) is 13.7 Å². The van der Waals surface area contributed by atoms with E-state index in [2.05, 4.69) is 22.8 Å². The Hall–Kier alpha value is -2.37. The minimum Gasteiger partial charge on any atom is -0.497 e. The number of ether oxygens (including phenoxy) is 2. The van der Waals surface area contributed by atoms with Gasteiger partial charge in [-0.1, -0.05) is 36.4 Å². The van der Waals surface area contributed by atoms with Gasteiger partial charge in [0.2, 0.25) is 0 Å². The summed E-state index contributed by atoms with van der Waals surface area (Å²) in [7, 11) is 3.28. The van der Waals surface area contributed by atoms with Crippen LogP contribution in [0.1, 0.15) is 18.4 Å². The number of amides is 1. The summed E-state index contributed by atoms with van der Waals surface area (Å²) in [5.41, 5.74) is 2.63. The molecular weight excluding hydrogens is 328 g/mol. The maximum atomic E-state index is 12.6. The summed E-state index contributed by atoms with van der Waals surface area (Å²) in [5.74, 6) is 0.818. The Balaban J connectivity index is 1.61. The maximum Gasteiger partial charge on any atom is 0.252 e. The third kappa shape index (κ3) is 4.06. The molecule has 0 aliphatic carbocycles. The zero-order chi connectivity index (χ0) is 18.4. The summed E-state index contributed by atoms with van der Waals surface area (Å²) < 4.78 is 10.8. The van der Waals surface area contributed by atoms with Gasteiger partial charge in [-0.15, -0.1) is 0 Å². The van der Waals surface area contributed by atoms with Crippen LogP contribution in [0.4, 0.5) is 0 Å². The van der Waals surface area contributed by atoms with Crippen LogP contribution < -0.4 is 15.4 Å². The molecular formula is C21H26N2O3. The van der Waals surface area contributed by atoms with E-state index in [4.69, 9.17) is 9.47 Å². The lowest BCUT2D eigenvalue weighted by Crippen LogP contribution is -2.53. The highest BCUT2D eigenvalue weighted by Gasteiger charge is 2.39. The van der Waals surface area contributed by atoms with Gasteiger partial charge in [-0.25, -0.2) is 0 Å². The first-order valence-electron chi connectivity index (χ1n) is 8.94. The summed E-state index contributed by atoms with van der Waals surface area (Å²) in [5, 5.41) is 6.29. The van der Waals surface area contributed by atoms with E-state index in [1.165, 1.54) is 0 Å². The first kappa shape index (κ1) is 18.4. The van der Waals surface area contributed by atoms with Crippen LogP contribution in [-0.2, 0) is 16.1 Å². The van der Waals surface area contributed by atoms with Gasteiger partial charge in [0.25, 0.3) is 5.91 Å². The molecule has 0 atom stereocenters. The van der Waals surface area contributed by atoms with Crippen LogP contribution in [0, 0.1) is 0 Å². The zero-order valence-electron chi connectivity index (χ0n) is 15.4. The van der Waals surface area contributed by atoms with E-state index >= 15 is 0 Å². The second-order valence-electron chi connectivity index (χ2n) is 6.56. The molecule has 1 amide bonds. The van der Waals surface area contributed by atoms with E-state index in [0.717, 1.165) is 35.5 Å². The molecule has 138 valence electrons. The average Bonchev–Trinajstić information content (AvgIpc) is 2.73. The number of hydrogen-bond donors (Lipinski definition) is 2. The summed E-state index contributed by atoms with van der Waals surface area (Å²) in [6.07, 6.45) is 1.40. The molecule has 5 nitrogen and oxygen atoms in total. The number of methoxy groups -OCH3 is 2. The van der Waals surface area contributed by atoms with E-state index in [0.29, 0.717) is 19.4 Å². The Morgan fingerprint density at radius 1 is 1.00 bits per heavy atom. The van der Waals surface area contributed by atoms with Crippen LogP contribution in [0.15, 0.2) is 48.5 Å². The summed E-state index contributed by atoms with van der Waals surface area (Å²) in [6, 6.07) is 16.2. The number of rotatable bonds is 6.